The topological polar surface area (TPSA) is 74.0 Å². The summed E-state index contributed by atoms with van der Waals surface area (Å²) in [6, 6.07) is 16.2. The van der Waals surface area contributed by atoms with E-state index < -0.39 is 0 Å². The highest BCUT2D eigenvalue weighted by Crippen LogP contribution is 2.34. The van der Waals surface area contributed by atoms with Gasteiger partial charge in [-0.15, -0.1) is 5.10 Å². The summed E-state index contributed by atoms with van der Waals surface area (Å²) in [6.07, 6.45) is 1.56. The van der Waals surface area contributed by atoms with Gasteiger partial charge in [0.25, 0.3) is 0 Å². The third kappa shape index (κ3) is 3.35. The third-order valence-corrected chi connectivity index (χ3v) is 4.18. The molecule has 0 unspecified atom stereocenters. The van der Waals surface area contributed by atoms with Gasteiger partial charge in [0.2, 0.25) is 5.91 Å². The lowest BCUT2D eigenvalue weighted by Gasteiger charge is -2.03. The fraction of sp³-hybridized carbons (Fsp3) is 0.0625. The first kappa shape index (κ1) is 14.3. The van der Waals surface area contributed by atoms with Crippen LogP contribution < -0.4 is 5.32 Å². The van der Waals surface area contributed by atoms with Crippen LogP contribution in [0.2, 0.25) is 0 Å². The Morgan fingerprint density at radius 3 is 2.55 bits per heavy atom. The third-order valence-electron chi connectivity index (χ3n) is 3.05. The molecule has 22 heavy (non-hydrogen) atoms. The van der Waals surface area contributed by atoms with Crippen LogP contribution in [0.25, 0.3) is 0 Å². The van der Waals surface area contributed by atoms with E-state index in [1.807, 2.05) is 30.3 Å². The summed E-state index contributed by atoms with van der Waals surface area (Å²) in [5, 5.41) is 20.1. The standard InChI is InChI=1S/C16H13N3O2S/c20-13-8-6-11(7-9-13)10-17-19-16-18-15(21)14(22-16)12-4-2-1-3-5-12/h1-10,14,20H,(H,18,19,21)/b17-10-/t14-/m0/s1. The van der Waals surface area contributed by atoms with Gasteiger partial charge in [-0.1, -0.05) is 42.1 Å². The zero-order valence-electron chi connectivity index (χ0n) is 11.5. The Hall–Kier alpha value is -2.60. The Balaban J connectivity index is 1.69. The van der Waals surface area contributed by atoms with Gasteiger partial charge >= 0.3 is 0 Å². The summed E-state index contributed by atoms with van der Waals surface area (Å²) < 4.78 is 0. The number of nitrogens with zero attached hydrogens (tertiary/aromatic N) is 2. The van der Waals surface area contributed by atoms with E-state index in [-0.39, 0.29) is 16.9 Å². The van der Waals surface area contributed by atoms with E-state index in [2.05, 4.69) is 15.5 Å². The molecule has 1 saturated heterocycles. The molecule has 1 fully saturated rings. The maximum atomic E-state index is 12.0. The molecule has 2 N–H and O–H groups in total. The van der Waals surface area contributed by atoms with E-state index >= 15 is 0 Å². The number of benzene rings is 2. The Morgan fingerprint density at radius 2 is 1.82 bits per heavy atom. The predicted octanol–water partition coefficient (Wildman–Crippen LogP) is 2.69. The summed E-state index contributed by atoms with van der Waals surface area (Å²) in [5.74, 6) is 0.113. The van der Waals surface area contributed by atoms with Gasteiger partial charge in [-0.2, -0.15) is 5.10 Å². The molecule has 3 rings (SSSR count). The molecule has 110 valence electrons. The molecule has 2 aromatic carbocycles. The van der Waals surface area contributed by atoms with Crippen molar-refractivity contribution in [2.75, 3.05) is 0 Å². The summed E-state index contributed by atoms with van der Waals surface area (Å²) in [6.45, 7) is 0. The van der Waals surface area contributed by atoms with Crippen molar-refractivity contribution in [3.8, 4) is 5.75 Å². The molecule has 0 radical (unpaired) electrons. The molecule has 0 bridgehead atoms. The minimum Gasteiger partial charge on any atom is -0.508 e. The normalized spacial score (nSPS) is 19.7. The lowest BCUT2D eigenvalue weighted by Crippen LogP contribution is -2.21. The second-order valence-corrected chi connectivity index (χ2v) is 5.73. The van der Waals surface area contributed by atoms with Crippen molar-refractivity contribution in [3.05, 3.63) is 65.7 Å². The van der Waals surface area contributed by atoms with Gasteiger partial charge in [0.1, 0.15) is 11.0 Å². The summed E-state index contributed by atoms with van der Waals surface area (Å²) >= 11 is 1.35. The van der Waals surface area contributed by atoms with Crippen LogP contribution in [-0.2, 0) is 4.79 Å². The number of carbonyl (C=O) groups excluding carboxylic acids is 1. The highest BCUT2D eigenvalue weighted by atomic mass is 32.2. The molecule has 0 spiro atoms. The van der Waals surface area contributed by atoms with Gasteiger partial charge in [0, 0.05) is 0 Å². The molecule has 1 amide bonds. The van der Waals surface area contributed by atoms with Crippen LogP contribution in [-0.4, -0.2) is 22.4 Å². The summed E-state index contributed by atoms with van der Waals surface area (Å²) in [4.78, 5) is 12.0. The number of phenols is 1. The van der Waals surface area contributed by atoms with Gasteiger partial charge in [-0.25, -0.2) is 0 Å². The molecule has 6 heteroatoms. The Kier molecular flexibility index (Phi) is 4.20. The van der Waals surface area contributed by atoms with Crippen molar-refractivity contribution in [3.63, 3.8) is 0 Å². The number of aromatic hydroxyl groups is 1. The Morgan fingerprint density at radius 1 is 1.09 bits per heavy atom. The van der Waals surface area contributed by atoms with Crippen molar-refractivity contribution in [2.24, 2.45) is 10.2 Å². The minimum atomic E-state index is -0.288. The Bertz CT molecular complexity index is 727. The smallest absolute Gasteiger partial charge is 0.244 e. The molecule has 0 saturated carbocycles. The van der Waals surface area contributed by atoms with E-state index in [4.69, 9.17) is 0 Å². The zero-order chi connectivity index (χ0) is 15.4. The second-order valence-electron chi connectivity index (χ2n) is 4.64. The first-order chi connectivity index (χ1) is 10.7. The number of amides is 1. The minimum absolute atomic E-state index is 0.0882. The number of phenolic OH excluding ortho intramolecular Hbond substituents is 1. The quantitative estimate of drug-likeness (QED) is 0.676. The fourth-order valence-electron chi connectivity index (χ4n) is 1.97. The number of thioether (sulfide) groups is 1. The lowest BCUT2D eigenvalue weighted by atomic mass is 10.1. The summed E-state index contributed by atoms with van der Waals surface area (Å²) in [5.41, 5.74) is 1.76. The number of amidine groups is 1. The van der Waals surface area contributed by atoms with Crippen molar-refractivity contribution >= 4 is 29.1 Å². The molecule has 5 nitrogen and oxygen atoms in total. The van der Waals surface area contributed by atoms with Crippen LogP contribution in [0.4, 0.5) is 0 Å². The number of rotatable bonds is 3. The summed E-state index contributed by atoms with van der Waals surface area (Å²) in [7, 11) is 0. The van der Waals surface area contributed by atoms with Crippen LogP contribution in [0.15, 0.2) is 64.8 Å². The largest absolute Gasteiger partial charge is 0.508 e. The number of hydrogen-bond acceptors (Lipinski definition) is 5. The van der Waals surface area contributed by atoms with E-state index in [1.165, 1.54) is 11.8 Å². The Labute approximate surface area is 131 Å². The first-order valence-corrected chi connectivity index (χ1v) is 7.53. The van der Waals surface area contributed by atoms with Gasteiger partial charge in [-0.3, -0.25) is 4.79 Å². The van der Waals surface area contributed by atoms with Crippen LogP contribution in [0.3, 0.4) is 0 Å². The van der Waals surface area contributed by atoms with Crippen LogP contribution >= 0.6 is 11.8 Å². The maximum Gasteiger partial charge on any atom is 0.244 e. The highest BCUT2D eigenvalue weighted by Gasteiger charge is 2.31. The SMILES string of the molecule is O=C1NC(=N/N=C\c2ccc(O)cc2)S[C@H]1c1ccccc1. The lowest BCUT2D eigenvalue weighted by molar-refractivity contribution is -0.118. The molecular weight excluding hydrogens is 298 g/mol. The molecule has 1 atom stereocenters. The van der Waals surface area contributed by atoms with E-state index in [0.717, 1.165) is 11.1 Å². The molecule has 0 aliphatic carbocycles. The second kappa shape index (κ2) is 6.44. The molecule has 1 heterocycles. The molecule has 1 aliphatic rings. The van der Waals surface area contributed by atoms with Gasteiger partial charge in [-0.05, 0) is 35.4 Å². The predicted molar refractivity (Wildman–Crippen MR) is 88.1 cm³/mol. The molecular formula is C16H13N3O2S. The number of hydrogen-bond donors (Lipinski definition) is 2. The number of carbonyl (C=O) groups is 1. The van der Waals surface area contributed by atoms with Gasteiger partial charge in [0.15, 0.2) is 5.17 Å². The molecule has 2 aromatic rings. The van der Waals surface area contributed by atoms with Crippen molar-refractivity contribution in [1.29, 1.82) is 0 Å². The van der Waals surface area contributed by atoms with E-state index in [9.17, 15) is 9.90 Å². The average Bonchev–Trinajstić information content (AvgIpc) is 2.91. The number of nitrogens with one attached hydrogen (secondary N) is 1. The van der Waals surface area contributed by atoms with Gasteiger partial charge < -0.3 is 10.4 Å². The van der Waals surface area contributed by atoms with Crippen molar-refractivity contribution < 1.29 is 9.90 Å². The van der Waals surface area contributed by atoms with Crippen molar-refractivity contribution in [2.45, 2.75) is 5.25 Å². The van der Waals surface area contributed by atoms with Crippen LogP contribution in [0.1, 0.15) is 16.4 Å². The van der Waals surface area contributed by atoms with Gasteiger partial charge in [0.05, 0.1) is 6.21 Å². The fourth-order valence-corrected chi connectivity index (χ4v) is 2.91. The first-order valence-electron chi connectivity index (χ1n) is 6.65. The van der Waals surface area contributed by atoms with Crippen molar-refractivity contribution in [1.82, 2.24) is 5.32 Å². The maximum absolute atomic E-state index is 12.0. The van der Waals surface area contributed by atoms with E-state index in [0.29, 0.717) is 5.17 Å². The zero-order valence-corrected chi connectivity index (χ0v) is 12.3. The van der Waals surface area contributed by atoms with Crippen LogP contribution in [0, 0.1) is 0 Å². The average molecular weight is 311 g/mol. The monoisotopic (exact) mass is 311 g/mol. The molecule has 1 aliphatic heterocycles. The highest BCUT2D eigenvalue weighted by molar-refractivity contribution is 8.15. The van der Waals surface area contributed by atoms with Crippen LogP contribution in [0.5, 0.6) is 5.75 Å². The molecule has 0 aromatic heterocycles. The van der Waals surface area contributed by atoms with E-state index in [1.54, 1.807) is 30.5 Å².